The third-order valence-electron chi connectivity index (χ3n) is 3.50. The highest BCUT2D eigenvalue weighted by Crippen LogP contribution is 2.10. The van der Waals surface area contributed by atoms with Crippen LogP contribution in [0.25, 0.3) is 17.1 Å². The quantitative estimate of drug-likeness (QED) is 0.723. The van der Waals surface area contributed by atoms with Crippen LogP contribution in [0.2, 0.25) is 5.02 Å². The van der Waals surface area contributed by atoms with Crippen molar-refractivity contribution in [2.24, 2.45) is 0 Å². The van der Waals surface area contributed by atoms with Crippen LogP contribution in [0.15, 0.2) is 60.8 Å². The van der Waals surface area contributed by atoms with Gasteiger partial charge in [0.05, 0.1) is 22.9 Å². The summed E-state index contributed by atoms with van der Waals surface area (Å²) in [6.07, 6.45) is 5.55. The van der Waals surface area contributed by atoms with E-state index in [1.165, 1.54) is 6.08 Å². The van der Waals surface area contributed by atoms with Gasteiger partial charge in [-0.3, -0.25) is 9.78 Å². The van der Waals surface area contributed by atoms with Crippen LogP contribution in [0.3, 0.4) is 0 Å². The fourth-order valence-electron chi connectivity index (χ4n) is 2.25. The normalized spacial score (nSPS) is 11.0. The van der Waals surface area contributed by atoms with Crippen molar-refractivity contribution >= 4 is 34.6 Å². The Kier molecular flexibility index (Phi) is 5.18. The number of hydrogen-bond donors (Lipinski definition) is 1. The van der Waals surface area contributed by atoms with Gasteiger partial charge in [-0.1, -0.05) is 35.9 Å². The molecule has 0 aliphatic heterocycles. The zero-order valence-corrected chi connectivity index (χ0v) is 13.7. The van der Waals surface area contributed by atoms with Gasteiger partial charge in [-0.25, -0.2) is 4.98 Å². The van der Waals surface area contributed by atoms with E-state index >= 15 is 0 Å². The van der Waals surface area contributed by atoms with Crippen molar-refractivity contribution in [3.05, 3.63) is 77.1 Å². The number of nitrogens with one attached hydrogen (secondary N) is 1. The van der Waals surface area contributed by atoms with Gasteiger partial charge in [0.1, 0.15) is 0 Å². The summed E-state index contributed by atoms with van der Waals surface area (Å²) in [5, 5.41) is 3.56. The molecule has 0 bridgehead atoms. The predicted molar refractivity (Wildman–Crippen MR) is 96.7 cm³/mol. The largest absolute Gasteiger partial charge is 0.352 e. The fourth-order valence-corrected chi connectivity index (χ4v) is 2.38. The molecule has 0 spiro atoms. The van der Waals surface area contributed by atoms with Gasteiger partial charge in [-0.15, -0.1) is 0 Å². The van der Waals surface area contributed by atoms with Gasteiger partial charge >= 0.3 is 0 Å². The van der Waals surface area contributed by atoms with Crippen LogP contribution in [-0.4, -0.2) is 22.4 Å². The molecule has 2 aromatic carbocycles. The van der Waals surface area contributed by atoms with Crippen molar-refractivity contribution < 1.29 is 4.79 Å². The smallest absolute Gasteiger partial charge is 0.244 e. The van der Waals surface area contributed by atoms with Crippen LogP contribution >= 0.6 is 11.6 Å². The number of nitrogens with zero attached hydrogens (tertiary/aromatic N) is 2. The molecule has 4 nitrogen and oxygen atoms in total. The summed E-state index contributed by atoms with van der Waals surface area (Å²) in [4.78, 5) is 20.6. The maximum atomic E-state index is 11.9. The molecule has 0 aliphatic carbocycles. The van der Waals surface area contributed by atoms with Gasteiger partial charge in [-0.2, -0.15) is 0 Å². The standard InChI is InChI=1S/C19H16ClN3O/c20-15-7-5-14(6-8-15)11-12-21-19(24)10-9-16-13-22-17-3-1-2-4-18(17)23-16/h1-10,13H,11-12H2,(H,21,24)/b10-9+. The number of amides is 1. The topological polar surface area (TPSA) is 54.9 Å². The number of carbonyl (C=O) groups excluding carboxylic acids is 1. The molecule has 1 amide bonds. The van der Waals surface area contributed by atoms with Crippen molar-refractivity contribution in [2.45, 2.75) is 6.42 Å². The van der Waals surface area contributed by atoms with Crippen LogP contribution in [-0.2, 0) is 11.2 Å². The van der Waals surface area contributed by atoms with E-state index in [2.05, 4.69) is 15.3 Å². The summed E-state index contributed by atoms with van der Waals surface area (Å²) in [5.41, 5.74) is 3.43. The maximum Gasteiger partial charge on any atom is 0.244 e. The van der Waals surface area contributed by atoms with E-state index in [-0.39, 0.29) is 5.91 Å². The number of aromatic nitrogens is 2. The highest BCUT2D eigenvalue weighted by Gasteiger charge is 1.99. The van der Waals surface area contributed by atoms with Crippen LogP contribution in [0.4, 0.5) is 0 Å². The lowest BCUT2D eigenvalue weighted by atomic mass is 10.1. The first kappa shape index (κ1) is 16.1. The summed E-state index contributed by atoms with van der Waals surface area (Å²) < 4.78 is 0. The second-order valence-corrected chi connectivity index (χ2v) is 5.72. The molecular formula is C19H16ClN3O. The number of benzene rings is 2. The molecule has 1 aromatic heterocycles. The SMILES string of the molecule is O=C(/C=C/c1cnc2ccccc2n1)NCCc1ccc(Cl)cc1. The lowest BCUT2D eigenvalue weighted by molar-refractivity contribution is -0.116. The average Bonchev–Trinajstić information content (AvgIpc) is 2.61. The number of fused-ring (bicyclic) bond motifs is 1. The maximum absolute atomic E-state index is 11.9. The summed E-state index contributed by atoms with van der Waals surface area (Å²) in [7, 11) is 0. The molecule has 0 saturated heterocycles. The monoisotopic (exact) mass is 337 g/mol. The molecule has 5 heteroatoms. The third kappa shape index (κ3) is 4.40. The summed E-state index contributed by atoms with van der Waals surface area (Å²) in [5.74, 6) is -0.154. The van der Waals surface area contributed by atoms with E-state index in [1.54, 1.807) is 12.3 Å². The molecule has 0 atom stereocenters. The highest BCUT2D eigenvalue weighted by atomic mass is 35.5. The Hall–Kier alpha value is -2.72. The third-order valence-corrected chi connectivity index (χ3v) is 3.75. The Morgan fingerprint density at radius 2 is 1.83 bits per heavy atom. The Bertz CT molecular complexity index is 875. The van der Waals surface area contributed by atoms with Crippen molar-refractivity contribution in [2.75, 3.05) is 6.54 Å². The Balaban J connectivity index is 1.53. The van der Waals surface area contributed by atoms with Crippen LogP contribution < -0.4 is 5.32 Å². The number of hydrogen-bond acceptors (Lipinski definition) is 3. The Labute approximate surface area is 145 Å². The van der Waals surface area contributed by atoms with Crippen molar-refractivity contribution in [1.29, 1.82) is 0 Å². The van der Waals surface area contributed by atoms with Gasteiger partial charge in [0, 0.05) is 17.6 Å². The number of rotatable bonds is 5. The van der Waals surface area contributed by atoms with E-state index < -0.39 is 0 Å². The molecule has 3 aromatic rings. The highest BCUT2D eigenvalue weighted by molar-refractivity contribution is 6.30. The van der Waals surface area contributed by atoms with Crippen molar-refractivity contribution in [3.63, 3.8) is 0 Å². The van der Waals surface area contributed by atoms with Crippen LogP contribution in [0, 0.1) is 0 Å². The lowest BCUT2D eigenvalue weighted by Gasteiger charge is -2.03. The molecule has 1 N–H and O–H groups in total. The van der Waals surface area contributed by atoms with E-state index in [0.717, 1.165) is 23.0 Å². The zero-order valence-electron chi connectivity index (χ0n) is 12.9. The number of para-hydroxylation sites is 2. The Morgan fingerprint density at radius 3 is 2.62 bits per heavy atom. The molecular weight excluding hydrogens is 322 g/mol. The van der Waals surface area contributed by atoms with Crippen molar-refractivity contribution in [1.82, 2.24) is 15.3 Å². The minimum Gasteiger partial charge on any atom is -0.352 e. The van der Waals surface area contributed by atoms with Gasteiger partial charge in [0.25, 0.3) is 0 Å². The number of halogens is 1. The first-order valence-electron chi connectivity index (χ1n) is 7.63. The minimum atomic E-state index is -0.154. The van der Waals surface area contributed by atoms with E-state index in [1.807, 2.05) is 48.5 Å². The molecule has 0 radical (unpaired) electrons. The zero-order chi connectivity index (χ0) is 16.8. The molecule has 0 fully saturated rings. The van der Waals surface area contributed by atoms with Crippen molar-refractivity contribution in [3.8, 4) is 0 Å². The van der Waals surface area contributed by atoms with Gasteiger partial charge in [-0.05, 0) is 42.3 Å². The molecule has 3 rings (SSSR count). The molecule has 0 unspecified atom stereocenters. The van der Waals surface area contributed by atoms with Gasteiger partial charge in [0.15, 0.2) is 0 Å². The van der Waals surface area contributed by atoms with Crippen LogP contribution in [0.1, 0.15) is 11.3 Å². The molecule has 0 saturated carbocycles. The van der Waals surface area contributed by atoms with E-state index in [9.17, 15) is 4.79 Å². The Morgan fingerprint density at radius 1 is 1.08 bits per heavy atom. The summed E-state index contributed by atoms with van der Waals surface area (Å²) in [6, 6.07) is 15.2. The predicted octanol–water partition coefficient (Wildman–Crippen LogP) is 3.66. The average molecular weight is 338 g/mol. The second-order valence-electron chi connectivity index (χ2n) is 5.28. The van der Waals surface area contributed by atoms with Gasteiger partial charge in [0.2, 0.25) is 5.91 Å². The summed E-state index contributed by atoms with van der Waals surface area (Å²) >= 11 is 5.84. The summed E-state index contributed by atoms with van der Waals surface area (Å²) in [6.45, 7) is 0.564. The van der Waals surface area contributed by atoms with E-state index in [4.69, 9.17) is 11.6 Å². The number of carbonyl (C=O) groups is 1. The van der Waals surface area contributed by atoms with E-state index in [0.29, 0.717) is 17.3 Å². The molecule has 24 heavy (non-hydrogen) atoms. The molecule has 0 aliphatic rings. The first-order chi connectivity index (χ1) is 11.7. The first-order valence-corrected chi connectivity index (χ1v) is 8.01. The second kappa shape index (κ2) is 7.70. The minimum absolute atomic E-state index is 0.154. The van der Waals surface area contributed by atoms with Gasteiger partial charge < -0.3 is 5.32 Å². The fraction of sp³-hybridized carbons (Fsp3) is 0.105. The molecule has 1 heterocycles. The van der Waals surface area contributed by atoms with Crippen LogP contribution in [0.5, 0.6) is 0 Å². The lowest BCUT2D eigenvalue weighted by Crippen LogP contribution is -2.23. The molecule has 120 valence electrons.